The molecule has 0 saturated carbocycles. The number of nitrogens with two attached hydrogens (primary N) is 1. The van der Waals surface area contributed by atoms with E-state index in [0.717, 1.165) is 44.1 Å². The first-order chi connectivity index (χ1) is 17.2. The van der Waals surface area contributed by atoms with Crippen molar-refractivity contribution >= 4 is 34.9 Å². The summed E-state index contributed by atoms with van der Waals surface area (Å²) >= 11 is 0. The van der Waals surface area contributed by atoms with E-state index in [1.165, 1.54) is 18.5 Å². The lowest BCUT2D eigenvalue weighted by atomic mass is 9.99. The van der Waals surface area contributed by atoms with Gasteiger partial charge < -0.3 is 30.7 Å². The molecule has 3 amide bonds. The van der Waals surface area contributed by atoms with E-state index in [4.69, 9.17) is 10.7 Å². The predicted octanol–water partition coefficient (Wildman–Crippen LogP) is 3.14. The number of primary amides is 1. The monoisotopic (exact) mass is 494 g/mol. The van der Waals surface area contributed by atoms with E-state index in [9.17, 15) is 9.59 Å². The summed E-state index contributed by atoms with van der Waals surface area (Å²) in [5.74, 6) is 1.13. The number of anilines is 4. The van der Waals surface area contributed by atoms with Gasteiger partial charge in [-0.3, -0.25) is 4.79 Å². The number of nitrogens with zero attached hydrogens (tertiary/aromatic N) is 6. The predicted molar refractivity (Wildman–Crippen MR) is 143 cm³/mol. The Morgan fingerprint density at radius 1 is 1.03 bits per heavy atom. The Morgan fingerprint density at radius 3 is 2.36 bits per heavy atom. The van der Waals surface area contributed by atoms with Crippen LogP contribution in [0.5, 0.6) is 0 Å². The van der Waals surface area contributed by atoms with Crippen LogP contribution < -0.4 is 20.9 Å². The largest absolute Gasteiger partial charge is 0.372 e. The van der Waals surface area contributed by atoms with Crippen molar-refractivity contribution in [2.75, 3.05) is 62.4 Å². The molecule has 0 bridgehead atoms. The molecule has 36 heavy (non-hydrogen) atoms. The van der Waals surface area contributed by atoms with Crippen molar-refractivity contribution in [1.29, 1.82) is 0 Å². The SMILES string of the molecule is CC1CCN(c2ccc(Nc3nc(N4CCC[C@@H](N(C)C(=O)N(C)C)C4)cnc3C(N)=O)cc2)CC1. The summed E-state index contributed by atoms with van der Waals surface area (Å²) in [4.78, 5) is 41.5. The first kappa shape index (κ1) is 25.5. The number of amides is 3. The number of hydrogen-bond acceptors (Lipinski definition) is 7. The highest BCUT2D eigenvalue weighted by molar-refractivity contribution is 5.96. The van der Waals surface area contributed by atoms with Crippen molar-refractivity contribution in [3.8, 4) is 0 Å². The molecule has 3 heterocycles. The zero-order chi connectivity index (χ0) is 25.8. The van der Waals surface area contributed by atoms with Gasteiger partial charge in [0.05, 0.1) is 12.2 Å². The molecule has 2 aromatic rings. The van der Waals surface area contributed by atoms with Crippen molar-refractivity contribution in [1.82, 2.24) is 19.8 Å². The average molecular weight is 495 g/mol. The zero-order valence-electron chi connectivity index (χ0n) is 21.8. The molecule has 194 valence electrons. The molecule has 2 aliphatic heterocycles. The maximum atomic E-state index is 12.4. The molecular weight excluding hydrogens is 456 g/mol. The van der Waals surface area contributed by atoms with Crippen molar-refractivity contribution < 1.29 is 9.59 Å². The number of nitrogens with one attached hydrogen (secondary N) is 1. The lowest BCUT2D eigenvalue weighted by Crippen LogP contribution is -2.51. The fraction of sp³-hybridized carbons (Fsp3) is 0.538. The number of carbonyl (C=O) groups excluding carboxylic acids is 2. The first-order valence-corrected chi connectivity index (χ1v) is 12.7. The van der Waals surface area contributed by atoms with Gasteiger partial charge in [0.25, 0.3) is 5.91 Å². The van der Waals surface area contributed by atoms with Crippen LogP contribution in [0, 0.1) is 5.92 Å². The van der Waals surface area contributed by atoms with Gasteiger partial charge in [-0.15, -0.1) is 0 Å². The summed E-state index contributed by atoms with van der Waals surface area (Å²) in [7, 11) is 5.34. The number of carbonyl (C=O) groups is 2. The molecule has 0 unspecified atom stereocenters. The van der Waals surface area contributed by atoms with Gasteiger partial charge >= 0.3 is 6.03 Å². The normalized spacial score (nSPS) is 18.6. The zero-order valence-corrected chi connectivity index (χ0v) is 21.8. The quantitative estimate of drug-likeness (QED) is 0.635. The second kappa shape index (κ2) is 11.0. The molecule has 2 saturated heterocycles. The minimum Gasteiger partial charge on any atom is -0.372 e. The maximum Gasteiger partial charge on any atom is 0.319 e. The fourth-order valence-corrected chi connectivity index (χ4v) is 4.91. The standard InChI is InChI=1S/C26H38N8O2/c1-18-11-14-33(15-12-18)20-9-7-19(8-10-20)29-25-23(24(27)35)28-16-22(30-25)34-13-5-6-21(17-34)32(4)26(36)31(2)3/h7-10,16,18,21H,5-6,11-15,17H2,1-4H3,(H2,27,35)(H,29,30)/t21-/m1/s1. The van der Waals surface area contributed by atoms with Gasteiger partial charge in [0.2, 0.25) is 0 Å². The van der Waals surface area contributed by atoms with Crippen LogP contribution in [0.2, 0.25) is 0 Å². The third-order valence-corrected chi connectivity index (χ3v) is 7.22. The Bertz CT molecular complexity index is 1070. The van der Waals surface area contributed by atoms with Gasteiger partial charge in [-0.2, -0.15) is 0 Å². The molecular formula is C26H38N8O2. The summed E-state index contributed by atoms with van der Waals surface area (Å²) in [6.45, 7) is 5.89. The Labute approximate surface area is 213 Å². The van der Waals surface area contributed by atoms with Gasteiger partial charge in [0, 0.05) is 58.7 Å². The van der Waals surface area contributed by atoms with Gasteiger partial charge in [-0.1, -0.05) is 6.92 Å². The van der Waals surface area contributed by atoms with E-state index in [2.05, 4.69) is 39.2 Å². The van der Waals surface area contributed by atoms with Crippen molar-refractivity contribution in [3.05, 3.63) is 36.2 Å². The highest BCUT2D eigenvalue weighted by atomic mass is 16.2. The third kappa shape index (κ3) is 5.80. The van der Waals surface area contributed by atoms with E-state index in [0.29, 0.717) is 18.2 Å². The number of hydrogen-bond donors (Lipinski definition) is 2. The molecule has 4 rings (SSSR count). The second-order valence-electron chi connectivity index (χ2n) is 10.2. The van der Waals surface area contributed by atoms with Crippen LogP contribution in [0.15, 0.2) is 30.5 Å². The summed E-state index contributed by atoms with van der Waals surface area (Å²) in [6, 6.07) is 8.20. The highest BCUT2D eigenvalue weighted by Crippen LogP contribution is 2.27. The number of benzene rings is 1. The number of rotatable bonds is 6. The number of aromatic nitrogens is 2. The van der Waals surface area contributed by atoms with Crippen molar-refractivity contribution in [2.45, 2.75) is 38.6 Å². The van der Waals surface area contributed by atoms with E-state index >= 15 is 0 Å². The molecule has 1 atom stereocenters. The Hall–Kier alpha value is -3.56. The van der Waals surface area contributed by atoms with E-state index < -0.39 is 5.91 Å². The topological polar surface area (TPSA) is 111 Å². The Kier molecular flexibility index (Phi) is 7.81. The molecule has 0 aliphatic carbocycles. The van der Waals surface area contributed by atoms with Crippen LogP contribution in [0.25, 0.3) is 0 Å². The molecule has 3 N–H and O–H groups in total. The Balaban J connectivity index is 1.50. The van der Waals surface area contributed by atoms with E-state index in [1.807, 2.05) is 19.2 Å². The minimum atomic E-state index is -0.636. The highest BCUT2D eigenvalue weighted by Gasteiger charge is 2.28. The molecule has 10 nitrogen and oxygen atoms in total. The second-order valence-corrected chi connectivity index (χ2v) is 10.2. The van der Waals surface area contributed by atoms with Gasteiger partial charge in [-0.25, -0.2) is 14.8 Å². The number of piperidine rings is 2. The molecule has 1 aromatic carbocycles. The maximum absolute atomic E-state index is 12.4. The molecule has 10 heteroatoms. The summed E-state index contributed by atoms with van der Waals surface area (Å²) < 4.78 is 0. The molecule has 2 fully saturated rings. The summed E-state index contributed by atoms with van der Waals surface area (Å²) in [5, 5.41) is 3.25. The lowest BCUT2D eigenvalue weighted by Gasteiger charge is -2.39. The van der Waals surface area contributed by atoms with Crippen LogP contribution in [-0.2, 0) is 0 Å². The van der Waals surface area contributed by atoms with E-state index in [1.54, 1.807) is 30.1 Å². The molecule has 1 aromatic heterocycles. The van der Waals surface area contributed by atoms with Crippen LogP contribution in [0.4, 0.5) is 27.8 Å². The Morgan fingerprint density at radius 2 is 1.72 bits per heavy atom. The van der Waals surface area contributed by atoms with Crippen LogP contribution in [-0.4, -0.2) is 85.1 Å². The van der Waals surface area contributed by atoms with Crippen LogP contribution in [0.1, 0.15) is 43.1 Å². The molecule has 2 aliphatic rings. The van der Waals surface area contributed by atoms with Gasteiger partial charge in [0.15, 0.2) is 11.5 Å². The molecule has 0 spiro atoms. The third-order valence-electron chi connectivity index (χ3n) is 7.22. The molecule has 0 radical (unpaired) electrons. The van der Waals surface area contributed by atoms with Gasteiger partial charge in [-0.05, 0) is 55.9 Å². The average Bonchev–Trinajstić information content (AvgIpc) is 2.88. The minimum absolute atomic E-state index is 0.0260. The summed E-state index contributed by atoms with van der Waals surface area (Å²) in [6.07, 6.45) is 5.85. The summed E-state index contributed by atoms with van der Waals surface area (Å²) in [5.41, 5.74) is 7.70. The lowest BCUT2D eigenvalue weighted by molar-refractivity contribution is 0.0996. The fourth-order valence-electron chi connectivity index (χ4n) is 4.91. The first-order valence-electron chi connectivity index (χ1n) is 12.7. The van der Waals surface area contributed by atoms with Crippen molar-refractivity contribution in [3.63, 3.8) is 0 Å². The number of likely N-dealkylation sites (N-methyl/N-ethyl adjacent to an activating group) is 1. The van der Waals surface area contributed by atoms with E-state index in [-0.39, 0.29) is 17.8 Å². The van der Waals surface area contributed by atoms with Crippen LogP contribution >= 0.6 is 0 Å². The van der Waals surface area contributed by atoms with Gasteiger partial charge in [0.1, 0.15) is 5.82 Å². The van der Waals surface area contributed by atoms with Crippen molar-refractivity contribution in [2.24, 2.45) is 11.7 Å². The smallest absolute Gasteiger partial charge is 0.319 e. The van der Waals surface area contributed by atoms with Crippen LogP contribution in [0.3, 0.4) is 0 Å². The number of urea groups is 1.